The van der Waals surface area contributed by atoms with Gasteiger partial charge in [0, 0.05) is 38.1 Å². The second-order valence-electron chi connectivity index (χ2n) is 4.25. The molecule has 1 N–H and O–H groups in total. The van der Waals surface area contributed by atoms with E-state index in [4.69, 9.17) is 5.11 Å². The summed E-state index contributed by atoms with van der Waals surface area (Å²) in [5, 5.41) is 13.8. The number of imidazole rings is 1. The molecule has 0 aromatic carbocycles. The molecule has 0 saturated heterocycles. The van der Waals surface area contributed by atoms with Crippen LogP contribution in [0, 0.1) is 6.92 Å². The summed E-state index contributed by atoms with van der Waals surface area (Å²) in [6.45, 7) is 2.72. The first kappa shape index (κ1) is 13.7. The Morgan fingerprint density at radius 1 is 1.53 bits per heavy atom. The van der Waals surface area contributed by atoms with Gasteiger partial charge >= 0.3 is 5.97 Å². The molecule has 2 rings (SSSR count). The molecule has 0 aliphatic heterocycles. The molecule has 19 heavy (non-hydrogen) atoms. The second-order valence-corrected chi connectivity index (χ2v) is 5.19. The summed E-state index contributed by atoms with van der Waals surface area (Å²) in [5.41, 5.74) is 2.05. The maximum atomic E-state index is 10.6. The highest BCUT2D eigenvalue weighted by molar-refractivity contribution is 7.99. The first-order valence-corrected chi connectivity index (χ1v) is 6.90. The number of carboxylic acid groups (broad SMARTS) is 1. The molecule has 7 heteroatoms. The molecule has 0 spiro atoms. The number of hydrogen-bond acceptors (Lipinski definition) is 4. The Morgan fingerprint density at radius 3 is 2.95 bits per heavy atom. The van der Waals surface area contributed by atoms with Gasteiger partial charge in [-0.05, 0) is 13.0 Å². The number of thioether (sulfide) groups is 1. The van der Waals surface area contributed by atoms with Crippen molar-refractivity contribution < 1.29 is 9.90 Å². The standard InChI is InChI=1S/C12H16N4O2S/c1-9-7-13-12(19-8-11(17)18)16(9)6-4-10-3-5-15(2)14-10/h3,5,7H,4,6,8H2,1-2H3,(H,17,18). The molecule has 0 radical (unpaired) electrons. The van der Waals surface area contributed by atoms with Gasteiger partial charge in [0.05, 0.1) is 11.4 Å². The molecule has 0 unspecified atom stereocenters. The first-order valence-electron chi connectivity index (χ1n) is 5.91. The molecule has 2 heterocycles. The molecule has 2 aromatic heterocycles. The monoisotopic (exact) mass is 280 g/mol. The lowest BCUT2D eigenvalue weighted by molar-refractivity contribution is -0.133. The van der Waals surface area contributed by atoms with E-state index >= 15 is 0 Å². The minimum Gasteiger partial charge on any atom is -0.481 e. The Balaban J connectivity index is 2.02. The van der Waals surface area contributed by atoms with Gasteiger partial charge < -0.3 is 9.67 Å². The average molecular weight is 280 g/mol. The van der Waals surface area contributed by atoms with E-state index in [2.05, 4.69) is 10.1 Å². The lowest BCUT2D eigenvalue weighted by atomic mass is 10.3. The lowest BCUT2D eigenvalue weighted by Gasteiger charge is -2.07. The minimum atomic E-state index is -0.832. The zero-order valence-electron chi connectivity index (χ0n) is 10.9. The van der Waals surface area contributed by atoms with Crippen LogP contribution < -0.4 is 0 Å². The van der Waals surface area contributed by atoms with Gasteiger partial charge in [0.1, 0.15) is 0 Å². The molecule has 0 saturated carbocycles. The Bertz CT molecular complexity index is 576. The molecule has 0 bridgehead atoms. The number of rotatable bonds is 6. The van der Waals surface area contributed by atoms with Crippen LogP contribution in [0.1, 0.15) is 11.4 Å². The summed E-state index contributed by atoms with van der Waals surface area (Å²) in [5.74, 6) is -0.804. The molecule has 0 aliphatic carbocycles. The fourth-order valence-corrected chi connectivity index (χ4v) is 2.55. The Labute approximate surface area is 115 Å². The zero-order chi connectivity index (χ0) is 13.8. The van der Waals surface area contributed by atoms with Crippen LogP contribution in [0.2, 0.25) is 0 Å². The van der Waals surface area contributed by atoms with Crippen molar-refractivity contribution >= 4 is 17.7 Å². The van der Waals surface area contributed by atoms with Crippen LogP contribution in [0.15, 0.2) is 23.6 Å². The summed E-state index contributed by atoms with van der Waals surface area (Å²) in [6, 6.07) is 1.98. The smallest absolute Gasteiger partial charge is 0.313 e. The van der Waals surface area contributed by atoms with Gasteiger partial charge in [0.2, 0.25) is 0 Å². The number of aromatic nitrogens is 4. The third-order valence-corrected chi connectivity index (χ3v) is 3.68. The minimum absolute atomic E-state index is 0.0278. The van der Waals surface area contributed by atoms with Crippen molar-refractivity contribution in [2.45, 2.75) is 25.0 Å². The number of carbonyl (C=O) groups is 1. The summed E-state index contributed by atoms with van der Waals surface area (Å²) >= 11 is 1.24. The first-order chi connectivity index (χ1) is 9.06. The fraction of sp³-hybridized carbons (Fsp3) is 0.417. The van der Waals surface area contributed by atoms with Crippen molar-refractivity contribution in [2.24, 2.45) is 7.05 Å². The van der Waals surface area contributed by atoms with Crippen LogP contribution in [0.3, 0.4) is 0 Å². The highest BCUT2D eigenvalue weighted by Crippen LogP contribution is 2.18. The predicted octanol–water partition coefficient (Wildman–Crippen LogP) is 1.34. The van der Waals surface area contributed by atoms with E-state index < -0.39 is 5.97 Å². The highest BCUT2D eigenvalue weighted by Gasteiger charge is 2.10. The van der Waals surface area contributed by atoms with E-state index in [1.165, 1.54) is 11.8 Å². The van der Waals surface area contributed by atoms with Gasteiger partial charge in [0.25, 0.3) is 0 Å². The normalized spacial score (nSPS) is 10.8. The molecule has 0 fully saturated rings. The van der Waals surface area contributed by atoms with Crippen LogP contribution in [-0.4, -0.2) is 36.2 Å². The molecular weight excluding hydrogens is 264 g/mol. The van der Waals surface area contributed by atoms with E-state index in [1.54, 1.807) is 10.9 Å². The van der Waals surface area contributed by atoms with Gasteiger partial charge in [-0.15, -0.1) is 0 Å². The molecule has 6 nitrogen and oxygen atoms in total. The van der Waals surface area contributed by atoms with E-state index in [1.807, 2.05) is 30.8 Å². The van der Waals surface area contributed by atoms with Crippen molar-refractivity contribution in [1.29, 1.82) is 0 Å². The van der Waals surface area contributed by atoms with Gasteiger partial charge in [0.15, 0.2) is 5.16 Å². The lowest BCUT2D eigenvalue weighted by Crippen LogP contribution is -2.07. The van der Waals surface area contributed by atoms with Gasteiger partial charge in [-0.1, -0.05) is 11.8 Å². The Kier molecular flexibility index (Phi) is 4.26. The number of hydrogen-bond donors (Lipinski definition) is 1. The molecule has 0 aliphatic rings. The van der Waals surface area contributed by atoms with Gasteiger partial charge in [-0.25, -0.2) is 4.98 Å². The molecule has 102 valence electrons. The number of carboxylic acids is 1. The van der Waals surface area contributed by atoms with Gasteiger partial charge in [-0.2, -0.15) is 5.10 Å². The summed E-state index contributed by atoms with van der Waals surface area (Å²) in [4.78, 5) is 14.8. The zero-order valence-corrected chi connectivity index (χ0v) is 11.7. The molecule has 0 amide bonds. The maximum Gasteiger partial charge on any atom is 0.313 e. The van der Waals surface area contributed by atoms with Crippen molar-refractivity contribution in [3.63, 3.8) is 0 Å². The number of aliphatic carboxylic acids is 1. The van der Waals surface area contributed by atoms with Crippen molar-refractivity contribution in [3.05, 3.63) is 29.8 Å². The van der Waals surface area contributed by atoms with Crippen LogP contribution in [-0.2, 0) is 24.8 Å². The average Bonchev–Trinajstić information content (AvgIpc) is 2.91. The van der Waals surface area contributed by atoms with Crippen LogP contribution in [0.4, 0.5) is 0 Å². The van der Waals surface area contributed by atoms with E-state index in [0.717, 1.165) is 29.5 Å². The second kappa shape index (κ2) is 5.92. The topological polar surface area (TPSA) is 72.9 Å². The Hall–Kier alpha value is -1.76. The van der Waals surface area contributed by atoms with Crippen LogP contribution in [0.5, 0.6) is 0 Å². The molecular formula is C12H16N4O2S. The van der Waals surface area contributed by atoms with Crippen molar-refractivity contribution in [3.8, 4) is 0 Å². The number of aryl methyl sites for hydroxylation is 3. The van der Waals surface area contributed by atoms with Crippen LogP contribution >= 0.6 is 11.8 Å². The number of nitrogens with zero attached hydrogens (tertiary/aromatic N) is 4. The van der Waals surface area contributed by atoms with Crippen molar-refractivity contribution in [1.82, 2.24) is 19.3 Å². The summed E-state index contributed by atoms with van der Waals surface area (Å²) in [6.07, 6.45) is 4.48. The van der Waals surface area contributed by atoms with Gasteiger partial charge in [-0.3, -0.25) is 9.48 Å². The predicted molar refractivity (Wildman–Crippen MR) is 72.2 cm³/mol. The summed E-state index contributed by atoms with van der Waals surface area (Å²) in [7, 11) is 1.89. The third kappa shape index (κ3) is 3.60. The van der Waals surface area contributed by atoms with Crippen LogP contribution in [0.25, 0.3) is 0 Å². The third-order valence-electron chi connectivity index (χ3n) is 2.70. The largest absolute Gasteiger partial charge is 0.481 e. The molecule has 0 atom stereocenters. The SMILES string of the molecule is Cc1cnc(SCC(=O)O)n1CCc1ccn(C)n1. The fourth-order valence-electron chi connectivity index (χ4n) is 1.78. The quantitative estimate of drug-likeness (QED) is 0.808. The summed E-state index contributed by atoms with van der Waals surface area (Å²) < 4.78 is 3.80. The van der Waals surface area contributed by atoms with Crippen molar-refractivity contribution in [2.75, 3.05) is 5.75 Å². The van der Waals surface area contributed by atoms with E-state index in [9.17, 15) is 4.79 Å². The van der Waals surface area contributed by atoms with E-state index in [0.29, 0.717) is 0 Å². The maximum absolute atomic E-state index is 10.6. The van der Waals surface area contributed by atoms with E-state index in [-0.39, 0.29) is 5.75 Å². The molecule has 2 aromatic rings. The Morgan fingerprint density at radius 2 is 2.32 bits per heavy atom. The highest BCUT2D eigenvalue weighted by atomic mass is 32.2.